The second-order valence-electron chi connectivity index (χ2n) is 2.99. The molecule has 0 unspecified atom stereocenters. The predicted molar refractivity (Wildman–Crippen MR) is 58.3 cm³/mol. The molecule has 1 aromatic rings. The van der Waals surface area contributed by atoms with Crippen LogP contribution in [0.4, 0.5) is 0 Å². The molecule has 0 aliphatic heterocycles. The van der Waals surface area contributed by atoms with E-state index in [-0.39, 0.29) is 0 Å². The Balaban J connectivity index is 0.000000461. The topological polar surface area (TPSA) is 42.4 Å². The highest BCUT2D eigenvalue weighted by atomic mass is 79.9. The smallest absolute Gasteiger partial charge is 0.213 e. The van der Waals surface area contributed by atoms with Gasteiger partial charge in [0.2, 0.25) is 5.88 Å². The maximum atomic E-state index is 7.00. The van der Waals surface area contributed by atoms with E-state index >= 15 is 0 Å². The number of hydrogen-bond acceptors (Lipinski definition) is 3. The van der Waals surface area contributed by atoms with E-state index < -0.39 is 0 Å². The van der Waals surface area contributed by atoms with E-state index in [0.717, 1.165) is 17.5 Å². The van der Waals surface area contributed by atoms with Crippen LogP contribution in [0.15, 0.2) is 22.8 Å². The van der Waals surface area contributed by atoms with Gasteiger partial charge in [-0.25, -0.2) is 4.98 Å². The summed E-state index contributed by atoms with van der Waals surface area (Å²) in [5.74, 6) is 0.739. The molecule has 1 fully saturated rings. The van der Waals surface area contributed by atoms with Gasteiger partial charge in [0.1, 0.15) is 6.10 Å². The highest BCUT2D eigenvalue weighted by molar-refractivity contribution is 9.10. The van der Waals surface area contributed by atoms with Crippen LogP contribution < -0.4 is 4.74 Å². The Labute approximate surface area is 92.3 Å². The molecular formula is C10H14BrNO2. The summed E-state index contributed by atoms with van der Waals surface area (Å²) >= 11 is 3.32. The molecule has 1 heterocycles. The van der Waals surface area contributed by atoms with Crippen LogP contribution in [-0.4, -0.2) is 23.3 Å². The van der Waals surface area contributed by atoms with Gasteiger partial charge >= 0.3 is 0 Å². The van der Waals surface area contributed by atoms with Crippen molar-refractivity contribution in [1.29, 1.82) is 0 Å². The lowest BCUT2D eigenvalue weighted by Crippen LogP contribution is -2.24. The first-order valence-electron chi connectivity index (χ1n) is 4.57. The van der Waals surface area contributed by atoms with E-state index in [0.29, 0.717) is 6.10 Å². The van der Waals surface area contributed by atoms with Crippen molar-refractivity contribution in [2.45, 2.75) is 25.4 Å². The third-order valence-electron chi connectivity index (χ3n) is 2.04. The second kappa shape index (κ2) is 5.98. The molecule has 0 bridgehead atoms. The third-order valence-corrected chi connectivity index (χ3v) is 2.51. The highest BCUT2D eigenvalue weighted by Gasteiger charge is 2.19. The van der Waals surface area contributed by atoms with Gasteiger partial charge < -0.3 is 9.84 Å². The Morgan fingerprint density at radius 3 is 2.57 bits per heavy atom. The third kappa shape index (κ3) is 3.27. The normalized spacial score (nSPS) is 15.1. The zero-order valence-corrected chi connectivity index (χ0v) is 9.70. The molecule has 0 saturated heterocycles. The summed E-state index contributed by atoms with van der Waals surface area (Å²) in [7, 11) is 1.00. The van der Waals surface area contributed by atoms with E-state index in [1.807, 2.05) is 12.1 Å². The van der Waals surface area contributed by atoms with Crippen molar-refractivity contribution in [3.05, 3.63) is 22.8 Å². The fourth-order valence-electron chi connectivity index (χ4n) is 1.09. The van der Waals surface area contributed by atoms with Crippen LogP contribution in [0.2, 0.25) is 0 Å². The molecule has 1 aromatic heterocycles. The minimum atomic E-state index is 0.415. The van der Waals surface area contributed by atoms with Gasteiger partial charge in [0.05, 0.1) is 0 Å². The largest absolute Gasteiger partial charge is 0.474 e. The molecule has 0 atom stereocenters. The zero-order chi connectivity index (χ0) is 10.4. The number of halogens is 1. The molecule has 4 heteroatoms. The molecule has 1 aliphatic rings. The lowest BCUT2D eigenvalue weighted by atomic mass is 9.96. The van der Waals surface area contributed by atoms with Crippen LogP contribution in [0.25, 0.3) is 0 Å². The van der Waals surface area contributed by atoms with Crippen LogP contribution in [0.1, 0.15) is 19.3 Å². The van der Waals surface area contributed by atoms with Crippen molar-refractivity contribution in [1.82, 2.24) is 4.98 Å². The minimum Gasteiger partial charge on any atom is -0.474 e. The van der Waals surface area contributed by atoms with Crippen LogP contribution in [-0.2, 0) is 0 Å². The molecule has 14 heavy (non-hydrogen) atoms. The van der Waals surface area contributed by atoms with Gasteiger partial charge in [0.15, 0.2) is 0 Å². The average molecular weight is 260 g/mol. The minimum absolute atomic E-state index is 0.415. The Hall–Kier alpha value is -0.610. The van der Waals surface area contributed by atoms with E-state index in [1.54, 1.807) is 6.20 Å². The Morgan fingerprint density at radius 2 is 2.14 bits per heavy atom. The number of hydrogen-bond donors (Lipinski definition) is 1. The maximum absolute atomic E-state index is 7.00. The van der Waals surface area contributed by atoms with Gasteiger partial charge in [0.25, 0.3) is 0 Å². The van der Waals surface area contributed by atoms with E-state index in [2.05, 4.69) is 20.9 Å². The van der Waals surface area contributed by atoms with Crippen LogP contribution in [0.5, 0.6) is 5.88 Å². The summed E-state index contributed by atoms with van der Waals surface area (Å²) in [5, 5.41) is 7.00. The SMILES string of the molecule is Brc1ccc(OC2CCC2)nc1.CO. The summed E-state index contributed by atoms with van der Waals surface area (Å²) in [6.07, 6.45) is 5.82. The quantitative estimate of drug-likeness (QED) is 0.887. The van der Waals surface area contributed by atoms with Crippen molar-refractivity contribution in [3.8, 4) is 5.88 Å². The number of pyridine rings is 1. The lowest BCUT2D eigenvalue weighted by molar-refractivity contribution is 0.114. The Bertz CT molecular complexity index is 259. The van der Waals surface area contributed by atoms with E-state index in [1.165, 1.54) is 19.3 Å². The number of nitrogens with zero attached hydrogens (tertiary/aromatic N) is 1. The van der Waals surface area contributed by atoms with Crippen LogP contribution >= 0.6 is 15.9 Å². The predicted octanol–water partition coefficient (Wildman–Crippen LogP) is 2.38. The molecule has 3 nitrogen and oxygen atoms in total. The molecule has 0 amide bonds. The average Bonchev–Trinajstić information content (AvgIpc) is 2.17. The lowest BCUT2D eigenvalue weighted by Gasteiger charge is -2.25. The Morgan fingerprint density at radius 1 is 1.43 bits per heavy atom. The molecule has 1 aliphatic carbocycles. The first-order chi connectivity index (χ1) is 6.84. The van der Waals surface area contributed by atoms with Crippen molar-refractivity contribution >= 4 is 15.9 Å². The number of aromatic nitrogens is 1. The maximum Gasteiger partial charge on any atom is 0.213 e. The molecule has 1 N–H and O–H groups in total. The molecule has 0 aromatic carbocycles. The number of ether oxygens (including phenoxy) is 1. The van der Waals surface area contributed by atoms with Gasteiger partial charge in [-0.3, -0.25) is 0 Å². The molecule has 0 radical (unpaired) electrons. The molecule has 1 saturated carbocycles. The summed E-state index contributed by atoms with van der Waals surface area (Å²) in [6, 6.07) is 3.84. The number of rotatable bonds is 2. The molecule has 2 rings (SSSR count). The molecule has 78 valence electrons. The van der Waals surface area contributed by atoms with E-state index in [4.69, 9.17) is 9.84 Å². The molecular weight excluding hydrogens is 246 g/mol. The Kier molecular flexibility index (Phi) is 4.90. The van der Waals surface area contributed by atoms with Crippen molar-refractivity contribution in [3.63, 3.8) is 0 Å². The van der Waals surface area contributed by atoms with Gasteiger partial charge in [0, 0.05) is 23.8 Å². The van der Waals surface area contributed by atoms with E-state index in [9.17, 15) is 0 Å². The second-order valence-corrected chi connectivity index (χ2v) is 3.90. The molecule has 0 spiro atoms. The van der Waals surface area contributed by atoms with Crippen molar-refractivity contribution < 1.29 is 9.84 Å². The summed E-state index contributed by atoms with van der Waals surface area (Å²) in [5.41, 5.74) is 0. The fraction of sp³-hybridized carbons (Fsp3) is 0.500. The standard InChI is InChI=1S/C9H10BrNO.CH4O/c10-7-4-5-9(11-6-7)12-8-2-1-3-8;1-2/h4-6,8H,1-3H2;2H,1H3. The van der Waals surface area contributed by atoms with Gasteiger partial charge in [-0.05, 0) is 41.3 Å². The number of aliphatic hydroxyl groups excluding tert-OH is 1. The number of aliphatic hydroxyl groups is 1. The summed E-state index contributed by atoms with van der Waals surface area (Å²) < 4.78 is 6.56. The van der Waals surface area contributed by atoms with Gasteiger partial charge in [-0.15, -0.1) is 0 Å². The first-order valence-corrected chi connectivity index (χ1v) is 5.37. The van der Waals surface area contributed by atoms with Crippen molar-refractivity contribution in [2.75, 3.05) is 7.11 Å². The van der Waals surface area contributed by atoms with Gasteiger partial charge in [-0.2, -0.15) is 0 Å². The monoisotopic (exact) mass is 259 g/mol. The van der Waals surface area contributed by atoms with Crippen LogP contribution in [0, 0.1) is 0 Å². The highest BCUT2D eigenvalue weighted by Crippen LogP contribution is 2.24. The van der Waals surface area contributed by atoms with Crippen LogP contribution in [0.3, 0.4) is 0 Å². The van der Waals surface area contributed by atoms with Crippen molar-refractivity contribution in [2.24, 2.45) is 0 Å². The fourth-order valence-corrected chi connectivity index (χ4v) is 1.33. The summed E-state index contributed by atoms with van der Waals surface area (Å²) in [6.45, 7) is 0. The van der Waals surface area contributed by atoms with Gasteiger partial charge in [-0.1, -0.05) is 0 Å². The zero-order valence-electron chi connectivity index (χ0n) is 8.11. The summed E-state index contributed by atoms with van der Waals surface area (Å²) in [4.78, 5) is 4.13. The first kappa shape index (κ1) is 11.5.